The van der Waals surface area contributed by atoms with E-state index in [1.165, 1.54) is 31.2 Å². The molecule has 0 heterocycles. The molecule has 0 aliphatic carbocycles. The summed E-state index contributed by atoms with van der Waals surface area (Å²) >= 11 is 0. The summed E-state index contributed by atoms with van der Waals surface area (Å²) in [7, 11) is 0. The quantitative estimate of drug-likeness (QED) is 0.730. The van der Waals surface area contributed by atoms with Gasteiger partial charge in [0.1, 0.15) is 5.75 Å². The van der Waals surface area contributed by atoms with Crippen LogP contribution in [0.15, 0.2) is 48.5 Å². The number of carbonyl (C=O) groups excluding carboxylic acids is 3. The van der Waals surface area contributed by atoms with Gasteiger partial charge in [0, 0.05) is 11.3 Å². The number of anilines is 1. The highest BCUT2D eigenvalue weighted by molar-refractivity contribution is 5.98. The smallest absolute Gasteiger partial charge is 0.449 e. The summed E-state index contributed by atoms with van der Waals surface area (Å²) in [6.07, 6.45) is -6.03. The molecule has 2 aromatic carbocycles. The highest BCUT2D eigenvalue weighted by Gasteiger charge is 2.31. The van der Waals surface area contributed by atoms with E-state index in [0.29, 0.717) is 5.69 Å². The van der Waals surface area contributed by atoms with Gasteiger partial charge in [-0.1, -0.05) is 0 Å². The van der Waals surface area contributed by atoms with Crippen LogP contribution in [-0.2, 0) is 9.53 Å². The molecule has 0 saturated heterocycles. The number of hydrogen-bond acceptors (Lipinski definition) is 5. The lowest BCUT2D eigenvalue weighted by molar-refractivity contribution is -0.274. The van der Waals surface area contributed by atoms with Gasteiger partial charge in [-0.15, -0.1) is 13.2 Å². The third-order valence-electron chi connectivity index (χ3n) is 3.41. The van der Waals surface area contributed by atoms with E-state index >= 15 is 0 Å². The van der Waals surface area contributed by atoms with Crippen LogP contribution in [0.2, 0.25) is 0 Å². The number of esters is 1. The highest BCUT2D eigenvalue weighted by Crippen LogP contribution is 2.23. The number of nitrogens with two attached hydrogens (primary N) is 1. The number of halogens is 3. The lowest BCUT2D eigenvalue weighted by atomic mass is 10.2. The second kappa shape index (κ2) is 8.42. The van der Waals surface area contributed by atoms with Crippen molar-refractivity contribution >= 4 is 23.5 Å². The first kappa shape index (κ1) is 20.7. The van der Waals surface area contributed by atoms with Gasteiger partial charge >= 0.3 is 12.3 Å². The minimum Gasteiger partial charge on any atom is -0.449 e. The minimum absolute atomic E-state index is 0.0556. The van der Waals surface area contributed by atoms with E-state index in [4.69, 9.17) is 10.5 Å². The number of benzene rings is 2. The molecule has 10 heteroatoms. The molecule has 0 aliphatic rings. The number of amides is 2. The zero-order chi connectivity index (χ0) is 20.9. The van der Waals surface area contributed by atoms with Crippen LogP contribution in [0.1, 0.15) is 27.6 Å². The van der Waals surface area contributed by atoms with Gasteiger partial charge in [-0.05, 0) is 55.5 Å². The van der Waals surface area contributed by atoms with E-state index < -0.39 is 36.0 Å². The second-order valence-corrected chi connectivity index (χ2v) is 5.55. The van der Waals surface area contributed by atoms with E-state index in [0.717, 1.165) is 24.3 Å². The first-order valence-corrected chi connectivity index (χ1v) is 7.82. The maximum absolute atomic E-state index is 12.1. The standard InChI is InChI=1S/C18H15F3N2O5/c1-10(16(25)23-13-6-2-11(3-7-13)15(22)24)27-17(26)12-4-8-14(9-5-12)28-18(19,20)21/h2-10H,1H3,(H2,22,24)(H,23,25)/t10-/m1/s1. The SMILES string of the molecule is C[C@@H](OC(=O)c1ccc(OC(F)(F)F)cc1)C(=O)Nc1ccc(C(N)=O)cc1. The van der Waals surface area contributed by atoms with Gasteiger partial charge in [0.25, 0.3) is 5.91 Å². The molecule has 2 rings (SSSR count). The fourth-order valence-corrected chi connectivity index (χ4v) is 2.04. The van der Waals surface area contributed by atoms with Gasteiger partial charge in [0.2, 0.25) is 5.91 Å². The highest BCUT2D eigenvalue weighted by atomic mass is 19.4. The summed E-state index contributed by atoms with van der Waals surface area (Å²) in [5.74, 6) is -2.65. The Morgan fingerprint density at radius 3 is 2.00 bits per heavy atom. The predicted molar refractivity (Wildman–Crippen MR) is 91.6 cm³/mol. The van der Waals surface area contributed by atoms with Crippen LogP contribution < -0.4 is 15.8 Å². The number of ether oxygens (including phenoxy) is 2. The average Bonchev–Trinajstić information content (AvgIpc) is 2.61. The van der Waals surface area contributed by atoms with E-state index in [9.17, 15) is 27.6 Å². The Labute approximate surface area is 157 Å². The first-order chi connectivity index (χ1) is 13.0. The summed E-state index contributed by atoms with van der Waals surface area (Å²) in [5.41, 5.74) is 5.67. The number of carbonyl (C=O) groups is 3. The molecular formula is C18H15F3N2O5. The summed E-state index contributed by atoms with van der Waals surface area (Å²) in [5, 5.41) is 2.49. The van der Waals surface area contributed by atoms with Crippen molar-refractivity contribution in [1.29, 1.82) is 0 Å². The van der Waals surface area contributed by atoms with Crippen LogP contribution in [0, 0.1) is 0 Å². The molecule has 148 valence electrons. The molecule has 0 aromatic heterocycles. The fourth-order valence-electron chi connectivity index (χ4n) is 2.04. The van der Waals surface area contributed by atoms with Crippen LogP contribution in [0.5, 0.6) is 5.75 Å². The molecule has 0 radical (unpaired) electrons. The number of primary amides is 1. The third kappa shape index (κ3) is 6.01. The van der Waals surface area contributed by atoms with E-state index in [1.807, 2.05) is 0 Å². The van der Waals surface area contributed by atoms with Crippen molar-refractivity contribution in [2.75, 3.05) is 5.32 Å². The van der Waals surface area contributed by atoms with E-state index in [2.05, 4.69) is 10.1 Å². The van der Waals surface area contributed by atoms with Crippen molar-refractivity contribution in [2.24, 2.45) is 5.73 Å². The Hall–Kier alpha value is -3.56. The topological polar surface area (TPSA) is 108 Å². The number of alkyl halides is 3. The van der Waals surface area contributed by atoms with Crippen LogP contribution in [-0.4, -0.2) is 30.2 Å². The Morgan fingerprint density at radius 2 is 1.50 bits per heavy atom. The zero-order valence-electron chi connectivity index (χ0n) is 14.4. The molecule has 3 N–H and O–H groups in total. The van der Waals surface area contributed by atoms with Crippen molar-refractivity contribution in [3.63, 3.8) is 0 Å². The molecule has 1 atom stereocenters. The Bertz CT molecular complexity index is 864. The molecule has 0 spiro atoms. The van der Waals surface area contributed by atoms with Gasteiger partial charge in [-0.2, -0.15) is 0 Å². The van der Waals surface area contributed by atoms with Gasteiger partial charge in [0.15, 0.2) is 6.10 Å². The normalized spacial score (nSPS) is 12.0. The van der Waals surface area contributed by atoms with E-state index in [-0.39, 0.29) is 11.1 Å². The maximum atomic E-state index is 12.1. The first-order valence-electron chi connectivity index (χ1n) is 7.82. The van der Waals surface area contributed by atoms with Crippen molar-refractivity contribution < 1.29 is 37.0 Å². The van der Waals surface area contributed by atoms with Crippen molar-refractivity contribution in [3.8, 4) is 5.75 Å². The van der Waals surface area contributed by atoms with Crippen molar-refractivity contribution in [3.05, 3.63) is 59.7 Å². The summed E-state index contributed by atoms with van der Waals surface area (Å²) in [4.78, 5) is 35.1. The van der Waals surface area contributed by atoms with Gasteiger partial charge in [-0.3, -0.25) is 9.59 Å². The fraction of sp³-hybridized carbons (Fsp3) is 0.167. The van der Waals surface area contributed by atoms with Crippen LogP contribution >= 0.6 is 0 Å². The summed E-state index contributed by atoms with van der Waals surface area (Å²) in [6.45, 7) is 1.33. The molecule has 0 bridgehead atoms. The van der Waals surface area contributed by atoms with Crippen LogP contribution in [0.3, 0.4) is 0 Å². The Morgan fingerprint density at radius 1 is 0.964 bits per heavy atom. The molecule has 7 nitrogen and oxygen atoms in total. The largest absolute Gasteiger partial charge is 0.573 e. The minimum atomic E-state index is -4.84. The van der Waals surface area contributed by atoms with Crippen molar-refractivity contribution in [1.82, 2.24) is 0 Å². The predicted octanol–water partition coefficient (Wildman–Crippen LogP) is 2.87. The number of hydrogen-bond donors (Lipinski definition) is 2. The third-order valence-corrected chi connectivity index (χ3v) is 3.41. The Balaban J connectivity index is 1.93. The van der Waals surface area contributed by atoms with Gasteiger partial charge < -0.3 is 20.5 Å². The Kier molecular flexibility index (Phi) is 6.24. The van der Waals surface area contributed by atoms with Gasteiger partial charge in [-0.25, -0.2) is 4.79 Å². The number of nitrogens with one attached hydrogen (secondary N) is 1. The molecule has 0 saturated carbocycles. The maximum Gasteiger partial charge on any atom is 0.573 e. The molecule has 2 amide bonds. The molecule has 2 aromatic rings. The molecule has 0 fully saturated rings. The van der Waals surface area contributed by atoms with Crippen molar-refractivity contribution in [2.45, 2.75) is 19.4 Å². The summed E-state index contributed by atoms with van der Waals surface area (Å²) < 4.78 is 45.0. The summed E-state index contributed by atoms with van der Waals surface area (Å²) in [6, 6.07) is 9.80. The molecule has 28 heavy (non-hydrogen) atoms. The lowest BCUT2D eigenvalue weighted by Crippen LogP contribution is -2.30. The molecular weight excluding hydrogens is 381 g/mol. The van der Waals surface area contributed by atoms with Gasteiger partial charge in [0.05, 0.1) is 5.56 Å². The van der Waals surface area contributed by atoms with Crippen LogP contribution in [0.4, 0.5) is 18.9 Å². The zero-order valence-corrected chi connectivity index (χ0v) is 14.4. The second-order valence-electron chi connectivity index (χ2n) is 5.55. The molecule has 0 unspecified atom stereocenters. The van der Waals surface area contributed by atoms with Crippen LogP contribution in [0.25, 0.3) is 0 Å². The lowest BCUT2D eigenvalue weighted by Gasteiger charge is -2.14. The number of rotatable bonds is 6. The average molecular weight is 396 g/mol. The molecule has 0 aliphatic heterocycles. The van der Waals surface area contributed by atoms with E-state index in [1.54, 1.807) is 0 Å². The monoisotopic (exact) mass is 396 g/mol.